The van der Waals surface area contributed by atoms with Gasteiger partial charge in [-0.2, -0.15) is 5.10 Å². The van der Waals surface area contributed by atoms with E-state index in [0.29, 0.717) is 6.54 Å². The van der Waals surface area contributed by atoms with Crippen LogP contribution in [0.2, 0.25) is 0 Å². The summed E-state index contributed by atoms with van der Waals surface area (Å²) in [6, 6.07) is 0. The van der Waals surface area contributed by atoms with Crippen LogP contribution < -0.4 is 11.1 Å². The van der Waals surface area contributed by atoms with Gasteiger partial charge in [-0.25, -0.2) is 0 Å². The van der Waals surface area contributed by atoms with Crippen molar-refractivity contribution in [2.24, 2.45) is 15.9 Å². The summed E-state index contributed by atoms with van der Waals surface area (Å²) in [7, 11) is 0. The molecule has 0 fully saturated rings. The molecule has 0 unspecified atom stereocenters. The maximum absolute atomic E-state index is 5.31. The first-order valence-corrected chi connectivity index (χ1v) is 4.22. The Morgan fingerprint density at radius 1 is 1.33 bits per heavy atom. The number of nitrogens with one attached hydrogen (secondary N) is 1. The Bertz CT molecular complexity index is 172. The van der Waals surface area contributed by atoms with Crippen LogP contribution in [-0.4, -0.2) is 24.6 Å². The van der Waals surface area contributed by atoms with E-state index in [1.807, 2.05) is 13.8 Å². The Labute approximate surface area is 73.9 Å². The molecule has 70 valence electrons. The molecular formula is C8H18N4. The molecule has 4 nitrogen and oxygen atoms in total. The van der Waals surface area contributed by atoms with Crippen LogP contribution in [0.1, 0.15) is 27.2 Å². The molecule has 0 aliphatic heterocycles. The lowest BCUT2D eigenvalue weighted by molar-refractivity contribution is 0.866. The van der Waals surface area contributed by atoms with Gasteiger partial charge in [-0.05, 0) is 20.3 Å². The van der Waals surface area contributed by atoms with Gasteiger partial charge >= 0.3 is 0 Å². The zero-order valence-corrected chi connectivity index (χ0v) is 8.09. The Hall–Kier alpha value is -0.900. The molecule has 0 spiro atoms. The van der Waals surface area contributed by atoms with E-state index in [1.165, 1.54) is 0 Å². The maximum atomic E-state index is 5.31. The lowest BCUT2D eigenvalue weighted by atomic mass is 10.3. The predicted octanol–water partition coefficient (Wildman–Crippen LogP) is 0.739. The summed E-state index contributed by atoms with van der Waals surface area (Å²) in [6.45, 7) is 7.25. The van der Waals surface area contributed by atoms with Crippen LogP contribution in [0.3, 0.4) is 0 Å². The fourth-order valence-electron chi connectivity index (χ4n) is 0.519. The van der Waals surface area contributed by atoms with E-state index in [9.17, 15) is 0 Å². The van der Waals surface area contributed by atoms with E-state index < -0.39 is 0 Å². The zero-order chi connectivity index (χ0) is 9.40. The second kappa shape index (κ2) is 6.79. The minimum Gasteiger partial charge on any atom is -0.371 e. The lowest BCUT2D eigenvalue weighted by Crippen LogP contribution is -2.26. The molecule has 0 saturated carbocycles. The molecule has 0 radical (unpaired) electrons. The van der Waals surface area contributed by atoms with Crippen molar-refractivity contribution in [3.8, 4) is 0 Å². The van der Waals surface area contributed by atoms with Crippen LogP contribution in [-0.2, 0) is 0 Å². The summed E-state index contributed by atoms with van der Waals surface area (Å²) in [4.78, 5) is 0. The van der Waals surface area contributed by atoms with Crippen molar-refractivity contribution < 1.29 is 0 Å². The highest BCUT2D eigenvalue weighted by atomic mass is 15.2. The normalized spacial score (nSPS) is 13.3. The molecule has 0 saturated heterocycles. The summed E-state index contributed by atoms with van der Waals surface area (Å²) in [5.74, 6) is 0.813. The minimum absolute atomic E-state index is 0.614. The van der Waals surface area contributed by atoms with Crippen molar-refractivity contribution in [2.45, 2.75) is 27.2 Å². The molecule has 3 N–H and O–H groups in total. The van der Waals surface area contributed by atoms with Crippen LogP contribution >= 0.6 is 0 Å². The molecule has 0 atom stereocenters. The maximum Gasteiger partial charge on any atom is 0.121 e. The predicted molar refractivity (Wildman–Crippen MR) is 53.6 cm³/mol. The molecule has 0 rings (SSSR count). The van der Waals surface area contributed by atoms with Crippen LogP contribution in [0, 0.1) is 0 Å². The number of hydrogen-bond donors (Lipinski definition) is 2. The van der Waals surface area contributed by atoms with E-state index in [2.05, 4.69) is 22.4 Å². The van der Waals surface area contributed by atoms with Gasteiger partial charge in [0.2, 0.25) is 0 Å². The SMILES string of the molecule is CC/C(C)=N/N=C(/C)NCCN. The third-order valence-electron chi connectivity index (χ3n) is 1.41. The first-order valence-electron chi connectivity index (χ1n) is 4.22. The topological polar surface area (TPSA) is 62.8 Å². The van der Waals surface area contributed by atoms with Crippen molar-refractivity contribution in [1.82, 2.24) is 5.32 Å². The fraction of sp³-hybridized carbons (Fsp3) is 0.750. The molecular weight excluding hydrogens is 152 g/mol. The van der Waals surface area contributed by atoms with Gasteiger partial charge < -0.3 is 11.1 Å². The van der Waals surface area contributed by atoms with Crippen molar-refractivity contribution in [1.29, 1.82) is 0 Å². The first-order chi connectivity index (χ1) is 5.70. The van der Waals surface area contributed by atoms with Gasteiger partial charge in [0, 0.05) is 18.8 Å². The Morgan fingerprint density at radius 2 is 2.00 bits per heavy atom. The molecule has 0 aromatic heterocycles. The third-order valence-corrected chi connectivity index (χ3v) is 1.41. The molecule has 0 aromatic rings. The van der Waals surface area contributed by atoms with E-state index in [4.69, 9.17) is 5.73 Å². The van der Waals surface area contributed by atoms with Gasteiger partial charge in [0.05, 0.1) is 0 Å². The van der Waals surface area contributed by atoms with E-state index in [0.717, 1.165) is 24.5 Å². The van der Waals surface area contributed by atoms with Crippen molar-refractivity contribution in [3.63, 3.8) is 0 Å². The van der Waals surface area contributed by atoms with Crippen LogP contribution in [0.25, 0.3) is 0 Å². The Balaban J connectivity index is 3.82. The van der Waals surface area contributed by atoms with E-state index in [-0.39, 0.29) is 0 Å². The monoisotopic (exact) mass is 170 g/mol. The summed E-state index contributed by atoms with van der Waals surface area (Å²) in [5, 5.41) is 11.0. The van der Waals surface area contributed by atoms with Crippen molar-refractivity contribution >= 4 is 11.5 Å². The third kappa shape index (κ3) is 5.85. The minimum atomic E-state index is 0.614. The molecule has 0 bridgehead atoms. The molecule has 0 amide bonds. The van der Waals surface area contributed by atoms with Crippen molar-refractivity contribution in [3.05, 3.63) is 0 Å². The average Bonchev–Trinajstić information content (AvgIpc) is 2.10. The van der Waals surface area contributed by atoms with Gasteiger partial charge in [-0.3, -0.25) is 0 Å². The quantitative estimate of drug-likeness (QED) is 0.371. The van der Waals surface area contributed by atoms with Gasteiger partial charge in [0.15, 0.2) is 0 Å². The Kier molecular flexibility index (Phi) is 6.28. The zero-order valence-electron chi connectivity index (χ0n) is 8.09. The smallest absolute Gasteiger partial charge is 0.121 e. The lowest BCUT2D eigenvalue weighted by Gasteiger charge is -2.00. The van der Waals surface area contributed by atoms with Crippen LogP contribution in [0.4, 0.5) is 0 Å². The molecule has 12 heavy (non-hydrogen) atoms. The summed E-state index contributed by atoms with van der Waals surface area (Å²) in [5.41, 5.74) is 6.34. The molecule has 0 aromatic carbocycles. The van der Waals surface area contributed by atoms with E-state index >= 15 is 0 Å². The molecule has 0 aliphatic carbocycles. The number of nitrogens with two attached hydrogens (primary N) is 1. The largest absolute Gasteiger partial charge is 0.371 e. The van der Waals surface area contributed by atoms with Crippen LogP contribution in [0.5, 0.6) is 0 Å². The first kappa shape index (κ1) is 11.1. The number of hydrogen-bond acceptors (Lipinski definition) is 3. The van der Waals surface area contributed by atoms with Gasteiger partial charge in [0.1, 0.15) is 5.84 Å². The molecule has 0 heterocycles. The van der Waals surface area contributed by atoms with Crippen LogP contribution in [0.15, 0.2) is 10.2 Å². The second-order valence-corrected chi connectivity index (χ2v) is 2.59. The van der Waals surface area contributed by atoms with E-state index in [1.54, 1.807) is 0 Å². The highest BCUT2D eigenvalue weighted by Gasteiger charge is 1.87. The number of rotatable bonds is 4. The summed E-state index contributed by atoms with van der Waals surface area (Å²) in [6.07, 6.45) is 0.938. The number of nitrogens with zero attached hydrogens (tertiary/aromatic N) is 2. The fourth-order valence-corrected chi connectivity index (χ4v) is 0.519. The highest BCUT2D eigenvalue weighted by Crippen LogP contribution is 1.85. The average molecular weight is 170 g/mol. The molecule has 4 heteroatoms. The standard InChI is InChI=1S/C8H18N4/c1-4-7(2)11-12-8(3)10-6-5-9/h4-6,9H2,1-3H3,(H,10,12)/b11-7+. The van der Waals surface area contributed by atoms with Crippen molar-refractivity contribution in [2.75, 3.05) is 13.1 Å². The van der Waals surface area contributed by atoms with Gasteiger partial charge in [-0.1, -0.05) is 6.92 Å². The van der Waals surface area contributed by atoms with Gasteiger partial charge in [0.25, 0.3) is 0 Å². The second-order valence-electron chi connectivity index (χ2n) is 2.59. The number of amidine groups is 1. The highest BCUT2D eigenvalue weighted by molar-refractivity contribution is 5.84. The molecule has 0 aliphatic rings. The summed E-state index contributed by atoms with van der Waals surface area (Å²) < 4.78 is 0. The van der Waals surface area contributed by atoms with Gasteiger partial charge in [-0.15, -0.1) is 5.10 Å². The Morgan fingerprint density at radius 3 is 2.50 bits per heavy atom. The summed E-state index contributed by atoms with van der Waals surface area (Å²) >= 11 is 0.